The largest absolute Gasteiger partial charge is 0.325 e. The van der Waals surface area contributed by atoms with Crippen molar-refractivity contribution < 1.29 is 17.6 Å². The molecule has 0 aliphatic heterocycles. The molecular weight excluding hydrogens is 367 g/mol. The number of carbonyl (C=O) groups is 1. The molecule has 0 aromatic heterocycles. The van der Waals surface area contributed by atoms with Gasteiger partial charge in [0.1, 0.15) is 11.9 Å². The number of anilines is 1. The van der Waals surface area contributed by atoms with E-state index in [-0.39, 0.29) is 21.5 Å². The van der Waals surface area contributed by atoms with Crippen LogP contribution in [0.2, 0.25) is 5.02 Å². The predicted octanol–water partition coefficient (Wildman–Crippen LogP) is 3.42. The highest BCUT2D eigenvalue weighted by molar-refractivity contribution is 7.89. The Labute approximate surface area is 151 Å². The van der Waals surface area contributed by atoms with Gasteiger partial charge in [0.05, 0.1) is 9.92 Å². The molecule has 0 saturated heterocycles. The second kappa shape index (κ2) is 7.95. The molecule has 25 heavy (non-hydrogen) atoms. The fourth-order valence-electron chi connectivity index (χ4n) is 2.12. The van der Waals surface area contributed by atoms with Crippen molar-refractivity contribution in [2.45, 2.75) is 24.8 Å². The lowest BCUT2D eigenvalue weighted by molar-refractivity contribution is -0.118. The van der Waals surface area contributed by atoms with Crippen LogP contribution in [0, 0.1) is 11.7 Å². The van der Waals surface area contributed by atoms with E-state index in [0.29, 0.717) is 0 Å². The Bertz CT molecular complexity index is 857. The van der Waals surface area contributed by atoms with E-state index < -0.39 is 27.8 Å². The molecule has 1 atom stereocenters. The van der Waals surface area contributed by atoms with Crippen LogP contribution in [0.3, 0.4) is 0 Å². The van der Waals surface area contributed by atoms with Gasteiger partial charge in [-0.3, -0.25) is 4.79 Å². The number of benzene rings is 2. The van der Waals surface area contributed by atoms with Gasteiger partial charge in [-0.1, -0.05) is 43.6 Å². The van der Waals surface area contributed by atoms with Crippen molar-refractivity contribution in [3.63, 3.8) is 0 Å². The predicted molar refractivity (Wildman–Crippen MR) is 95.4 cm³/mol. The number of rotatable bonds is 6. The molecule has 8 heteroatoms. The third kappa shape index (κ3) is 5.01. The van der Waals surface area contributed by atoms with Crippen LogP contribution in [0.1, 0.15) is 13.8 Å². The lowest BCUT2D eigenvalue weighted by atomic mass is 10.0. The van der Waals surface area contributed by atoms with Crippen molar-refractivity contribution in [3.8, 4) is 0 Å². The average molecular weight is 385 g/mol. The Morgan fingerprint density at radius 1 is 1.12 bits per heavy atom. The number of carbonyl (C=O) groups excluding carboxylic acids is 1. The molecule has 0 spiro atoms. The van der Waals surface area contributed by atoms with Crippen LogP contribution < -0.4 is 10.0 Å². The molecule has 2 N–H and O–H groups in total. The van der Waals surface area contributed by atoms with Gasteiger partial charge in [0.25, 0.3) is 0 Å². The van der Waals surface area contributed by atoms with Gasteiger partial charge in [0.2, 0.25) is 15.9 Å². The Hall–Kier alpha value is -1.96. The molecule has 0 saturated carbocycles. The molecule has 5 nitrogen and oxygen atoms in total. The fourth-order valence-corrected chi connectivity index (χ4v) is 3.67. The zero-order valence-corrected chi connectivity index (χ0v) is 15.2. The summed E-state index contributed by atoms with van der Waals surface area (Å²) in [5.74, 6) is -1.48. The smallest absolute Gasteiger partial charge is 0.242 e. The van der Waals surface area contributed by atoms with Gasteiger partial charge >= 0.3 is 0 Å². The van der Waals surface area contributed by atoms with Crippen LogP contribution in [-0.4, -0.2) is 20.4 Å². The summed E-state index contributed by atoms with van der Waals surface area (Å²) in [5, 5.41) is 2.41. The normalized spacial score (nSPS) is 12.8. The molecule has 0 heterocycles. The van der Waals surface area contributed by atoms with Crippen LogP contribution in [0.25, 0.3) is 0 Å². The molecule has 2 aromatic carbocycles. The Morgan fingerprint density at radius 2 is 1.76 bits per heavy atom. The van der Waals surface area contributed by atoms with E-state index in [0.717, 1.165) is 6.07 Å². The first-order valence-corrected chi connectivity index (χ1v) is 9.40. The molecule has 0 aliphatic rings. The minimum absolute atomic E-state index is 0.0678. The first-order chi connectivity index (χ1) is 11.7. The molecule has 0 unspecified atom stereocenters. The number of halogens is 2. The van der Waals surface area contributed by atoms with Crippen molar-refractivity contribution >= 4 is 33.2 Å². The van der Waals surface area contributed by atoms with Crippen LogP contribution in [0.15, 0.2) is 53.4 Å². The van der Waals surface area contributed by atoms with E-state index in [1.54, 1.807) is 32.0 Å². The van der Waals surface area contributed by atoms with Crippen LogP contribution in [-0.2, 0) is 14.8 Å². The molecule has 134 valence electrons. The van der Waals surface area contributed by atoms with E-state index in [9.17, 15) is 17.6 Å². The zero-order valence-electron chi connectivity index (χ0n) is 13.7. The van der Waals surface area contributed by atoms with E-state index in [1.165, 1.54) is 24.3 Å². The molecule has 1 amide bonds. The highest BCUT2D eigenvalue weighted by atomic mass is 35.5. The molecule has 2 aromatic rings. The Kier molecular flexibility index (Phi) is 6.16. The molecule has 0 radical (unpaired) electrons. The van der Waals surface area contributed by atoms with Gasteiger partial charge in [0, 0.05) is 5.69 Å². The maximum Gasteiger partial charge on any atom is 0.242 e. The van der Waals surface area contributed by atoms with Gasteiger partial charge < -0.3 is 5.32 Å². The molecular formula is C17H18ClFN2O3S. The second-order valence-electron chi connectivity index (χ2n) is 5.77. The highest BCUT2D eigenvalue weighted by Crippen LogP contribution is 2.20. The van der Waals surface area contributed by atoms with E-state index in [4.69, 9.17) is 11.6 Å². The number of sulfonamides is 1. The summed E-state index contributed by atoms with van der Waals surface area (Å²) in [4.78, 5) is 12.6. The van der Waals surface area contributed by atoms with Crippen LogP contribution in [0.4, 0.5) is 10.1 Å². The van der Waals surface area contributed by atoms with Crippen molar-refractivity contribution in [2.24, 2.45) is 5.92 Å². The summed E-state index contributed by atoms with van der Waals surface area (Å²) in [7, 11) is -3.85. The topological polar surface area (TPSA) is 75.3 Å². The van der Waals surface area contributed by atoms with E-state index in [1.807, 2.05) is 0 Å². The van der Waals surface area contributed by atoms with Gasteiger partial charge in [-0.15, -0.1) is 0 Å². The number of nitrogens with one attached hydrogen (secondary N) is 2. The minimum Gasteiger partial charge on any atom is -0.325 e. The van der Waals surface area contributed by atoms with Gasteiger partial charge in [-0.2, -0.15) is 4.72 Å². The van der Waals surface area contributed by atoms with Gasteiger partial charge in [-0.05, 0) is 36.2 Å². The quantitative estimate of drug-likeness (QED) is 0.801. The van der Waals surface area contributed by atoms with Crippen molar-refractivity contribution in [1.29, 1.82) is 0 Å². The first kappa shape index (κ1) is 19.4. The third-order valence-corrected chi connectivity index (χ3v) is 5.22. The van der Waals surface area contributed by atoms with Gasteiger partial charge in [-0.25, -0.2) is 12.8 Å². The van der Waals surface area contributed by atoms with E-state index in [2.05, 4.69) is 10.0 Å². The average Bonchev–Trinajstić information content (AvgIpc) is 2.56. The summed E-state index contributed by atoms with van der Waals surface area (Å²) >= 11 is 5.69. The number of amides is 1. The van der Waals surface area contributed by atoms with Crippen molar-refractivity contribution in [1.82, 2.24) is 4.72 Å². The number of hydrogen-bond donors (Lipinski definition) is 2. The molecule has 0 aliphatic carbocycles. The van der Waals surface area contributed by atoms with Crippen molar-refractivity contribution in [2.75, 3.05) is 5.32 Å². The summed E-state index contributed by atoms with van der Waals surface area (Å²) in [6, 6.07) is 10.5. The molecule has 2 rings (SSSR count). The summed E-state index contributed by atoms with van der Waals surface area (Å²) in [6.07, 6.45) is 0. The maximum absolute atomic E-state index is 13.2. The minimum atomic E-state index is -3.85. The van der Waals surface area contributed by atoms with Crippen molar-refractivity contribution in [3.05, 3.63) is 59.4 Å². The first-order valence-electron chi connectivity index (χ1n) is 7.54. The number of hydrogen-bond acceptors (Lipinski definition) is 3. The SMILES string of the molecule is CC(C)[C@@H](NS(=O)(=O)c1ccccc1)C(=O)Nc1ccc(F)c(Cl)c1. The summed E-state index contributed by atoms with van der Waals surface area (Å²) in [5.41, 5.74) is 0.279. The maximum atomic E-state index is 13.2. The lowest BCUT2D eigenvalue weighted by Crippen LogP contribution is -2.47. The fraction of sp³-hybridized carbons (Fsp3) is 0.235. The second-order valence-corrected chi connectivity index (χ2v) is 7.90. The monoisotopic (exact) mass is 384 g/mol. The summed E-state index contributed by atoms with van der Waals surface area (Å²) < 4.78 is 40.5. The summed E-state index contributed by atoms with van der Waals surface area (Å²) in [6.45, 7) is 3.44. The lowest BCUT2D eigenvalue weighted by Gasteiger charge is -2.21. The van der Waals surface area contributed by atoms with E-state index >= 15 is 0 Å². The standard InChI is InChI=1S/C17H18ClFN2O3S/c1-11(2)16(21-25(23,24)13-6-4-3-5-7-13)17(22)20-12-8-9-15(19)14(18)10-12/h3-11,16,21H,1-2H3,(H,20,22)/t16-/m1/s1. The Balaban J connectivity index is 2.20. The molecule has 0 fully saturated rings. The third-order valence-electron chi connectivity index (χ3n) is 3.47. The highest BCUT2D eigenvalue weighted by Gasteiger charge is 2.28. The van der Waals surface area contributed by atoms with Crippen LogP contribution in [0.5, 0.6) is 0 Å². The molecule has 0 bridgehead atoms. The zero-order chi connectivity index (χ0) is 18.6. The van der Waals surface area contributed by atoms with Gasteiger partial charge in [0.15, 0.2) is 0 Å². The van der Waals surface area contributed by atoms with Crippen LogP contribution >= 0.6 is 11.6 Å². The Morgan fingerprint density at radius 3 is 2.32 bits per heavy atom.